The van der Waals surface area contributed by atoms with Crippen LogP contribution >= 0.6 is 0 Å². The minimum absolute atomic E-state index is 0.269. The number of benzene rings is 1. The predicted molar refractivity (Wildman–Crippen MR) is 51.1 cm³/mol. The van der Waals surface area contributed by atoms with E-state index in [2.05, 4.69) is 6.07 Å². The predicted octanol–water partition coefficient (Wildman–Crippen LogP) is 1.64. The summed E-state index contributed by atoms with van der Waals surface area (Å²) in [4.78, 5) is 0. The summed E-state index contributed by atoms with van der Waals surface area (Å²) in [7, 11) is 0. The first kappa shape index (κ1) is 9.04. The lowest BCUT2D eigenvalue weighted by Crippen LogP contribution is -2.04. The summed E-state index contributed by atoms with van der Waals surface area (Å²) in [5.41, 5.74) is 1.65. The van der Waals surface area contributed by atoms with Crippen molar-refractivity contribution < 1.29 is 9.47 Å². The molecule has 72 valence electrons. The van der Waals surface area contributed by atoms with Crippen molar-refractivity contribution in [2.75, 3.05) is 13.2 Å². The molecule has 1 aromatic carbocycles. The molecule has 0 aliphatic carbocycles. The number of aryl methyl sites for hydroxylation is 1. The molecule has 0 amide bonds. The normalized spacial score (nSPS) is 18.7. The third-order valence-corrected chi connectivity index (χ3v) is 2.13. The molecule has 14 heavy (non-hydrogen) atoms. The fourth-order valence-electron chi connectivity index (χ4n) is 1.23. The Hall–Kier alpha value is -1.53. The summed E-state index contributed by atoms with van der Waals surface area (Å²) < 4.78 is 10.6. The van der Waals surface area contributed by atoms with Gasteiger partial charge >= 0.3 is 0 Å². The van der Waals surface area contributed by atoms with Crippen molar-refractivity contribution in [1.82, 2.24) is 0 Å². The second-order valence-electron chi connectivity index (χ2n) is 3.36. The number of nitriles is 1. The first-order valence-corrected chi connectivity index (χ1v) is 4.55. The van der Waals surface area contributed by atoms with Crippen LogP contribution in [-0.2, 0) is 4.74 Å². The van der Waals surface area contributed by atoms with Crippen LogP contribution in [0.1, 0.15) is 11.1 Å². The Bertz CT molecular complexity index is 377. The van der Waals surface area contributed by atoms with Crippen molar-refractivity contribution in [2.45, 2.75) is 13.0 Å². The van der Waals surface area contributed by atoms with Crippen LogP contribution < -0.4 is 4.74 Å². The van der Waals surface area contributed by atoms with E-state index in [1.54, 1.807) is 6.07 Å². The maximum Gasteiger partial charge on any atom is 0.122 e. The Morgan fingerprint density at radius 1 is 1.64 bits per heavy atom. The monoisotopic (exact) mass is 189 g/mol. The van der Waals surface area contributed by atoms with Gasteiger partial charge in [0.05, 0.1) is 18.2 Å². The molecule has 1 atom stereocenters. The summed E-state index contributed by atoms with van der Waals surface area (Å²) in [6, 6.07) is 7.50. The molecule has 0 radical (unpaired) electrons. The van der Waals surface area contributed by atoms with E-state index >= 15 is 0 Å². The Morgan fingerprint density at radius 3 is 3.00 bits per heavy atom. The lowest BCUT2D eigenvalue weighted by Gasteiger charge is -2.07. The highest BCUT2D eigenvalue weighted by Crippen LogP contribution is 2.20. The molecule has 0 spiro atoms. The van der Waals surface area contributed by atoms with Gasteiger partial charge in [0.2, 0.25) is 0 Å². The molecule has 1 saturated heterocycles. The third kappa shape index (κ3) is 2.04. The molecule has 3 heteroatoms. The van der Waals surface area contributed by atoms with Gasteiger partial charge in [0.25, 0.3) is 0 Å². The minimum Gasteiger partial charge on any atom is -0.491 e. The lowest BCUT2D eigenvalue weighted by molar-refractivity contribution is 0.262. The van der Waals surface area contributed by atoms with Gasteiger partial charge in [-0.2, -0.15) is 5.26 Å². The van der Waals surface area contributed by atoms with Crippen molar-refractivity contribution in [1.29, 1.82) is 5.26 Å². The second-order valence-corrected chi connectivity index (χ2v) is 3.36. The first-order chi connectivity index (χ1) is 6.79. The SMILES string of the molecule is Cc1cc(C#N)ccc1OCC1CO1. The largest absolute Gasteiger partial charge is 0.491 e. The second kappa shape index (κ2) is 3.69. The van der Waals surface area contributed by atoms with E-state index in [9.17, 15) is 0 Å². The Labute approximate surface area is 82.9 Å². The van der Waals surface area contributed by atoms with Crippen molar-refractivity contribution in [3.8, 4) is 11.8 Å². The number of nitrogens with zero attached hydrogens (tertiary/aromatic N) is 1. The molecule has 3 nitrogen and oxygen atoms in total. The molecule has 0 aromatic heterocycles. The lowest BCUT2D eigenvalue weighted by atomic mass is 10.1. The number of hydrogen-bond donors (Lipinski definition) is 0. The summed E-state index contributed by atoms with van der Waals surface area (Å²) in [6.45, 7) is 3.34. The Kier molecular flexibility index (Phi) is 2.38. The van der Waals surface area contributed by atoms with Crippen LogP contribution in [0.3, 0.4) is 0 Å². The maximum atomic E-state index is 8.67. The molecule has 1 unspecified atom stereocenters. The van der Waals surface area contributed by atoms with Crippen LogP contribution in [0.5, 0.6) is 5.75 Å². The maximum absolute atomic E-state index is 8.67. The van der Waals surface area contributed by atoms with Crippen molar-refractivity contribution in [3.63, 3.8) is 0 Å². The molecule has 1 aromatic rings. The van der Waals surface area contributed by atoms with Crippen molar-refractivity contribution in [2.24, 2.45) is 0 Å². The standard InChI is InChI=1S/C11H11NO2/c1-8-4-9(5-12)2-3-11(8)14-7-10-6-13-10/h2-4,10H,6-7H2,1H3. The topological polar surface area (TPSA) is 45.5 Å². The number of epoxide rings is 1. The zero-order valence-electron chi connectivity index (χ0n) is 7.99. The molecule has 0 bridgehead atoms. The summed E-state index contributed by atoms with van der Waals surface area (Å²) in [5, 5.41) is 8.67. The van der Waals surface area contributed by atoms with Crippen LogP contribution in [0, 0.1) is 18.3 Å². The number of rotatable bonds is 3. The Morgan fingerprint density at radius 2 is 2.43 bits per heavy atom. The smallest absolute Gasteiger partial charge is 0.122 e. The van der Waals surface area contributed by atoms with Gasteiger partial charge in [-0.3, -0.25) is 0 Å². The van der Waals surface area contributed by atoms with Gasteiger partial charge in [-0.25, -0.2) is 0 Å². The molecule has 1 fully saturated rings. The highest BCUT2D eigenvalue weighted by atomic mass is 16.6. The molecule has 1 aliphatic rings. The molecule has 0 saturated carbocycles. The Balaban J connectivity index is 2.05. The quantitative estimate of drug-likeness (QED) is 0.679. The number of ether oxygens (including phenoxy) is 2. The van der Waals surface area contributed by atoms with Gasteiger partial charge < -0.3 is 9.47 Å². The minimum atomic E-state index is 0.269. The molecular weight excluding hydrogens is 178 g/mol. The van der Waals surface area contributed by atoms with E-state index in [1.165, 1.54) is 0 Å². The van der Waals surface area contributed by atoms with Crippen LogP contribution in [0.15, 0.2) is 18.2 Å². The van der Waals surface area contributed by atoms with Crippen LogP contribution in [0.2, 0.25) is 0 Å². The van der Waals surface area contributed by atoms with E-state index < -0.39 is 0 Å². The fourth-order valence-corrected chi connectivity index (χ4v) is 1.23. The zero-order valence-corrected chi connectivity index (χ0v) is 7.99. The number of hydrogen-bond acceptors (Lipinski definition) is 3. The van der Waals surface area contributed by atoms with E-state index in [0.717, 1.165) is 17.9 Å². The van der Waals surface area contributed by atoms with Gasteiger partial charge in [-0.05, 0) is 30.7 Å². The summed E-state index contributed by atoms with van der Waals surface area (Å²) in [5.74, 6) is 0.833. The van der Waals surface area contributed by atoms with Crippen LogP contribution in [0.25, 0.3) is 0 Å². The van der Waals surface area contributed by atoms with E-state index in [0.29, 0.717) is 12.2 Å². The molecule has 2 rings (SSSR count). The molecule has 0 N–H and O–H groups in total. The highest BCUT2D eigenvalue weighted by Gasteiger charge is 2.23. The van der Waals surface area contributed by atoms with Gasteiger partial charge in [-0.15, -0.1) is 0 Å². The zero-order chi connectivity index (χ0) is 9.97. The molecule has 1 aliphatic heterocycles. The van der Waals surface area contributed by atoms with Crippen molar-refractivity contribution >= 4 is 0 Å². The average molecular weight is 189 g/mol. The average Bonchev–Trinajstić information content (AvgIpc) is 2.99. The summed E-state index contributed by atoms with van der Waals surface area (Å²) in [6.07, 6.45) is 0.269. The molecule has 1 heterocycles. The van der Waals surface area contributed by atoms with Crippen LogP contribution in [-0.4, -0.2) is 19.3 Å². The van der Waals surface area contributed by atoms with Gasteiger partial charge in [0, 0.05) is 0 Å². The van der Waals surface area contributed by atoms with E-state index in [1.807, 2.05) is 19.1 Å². The van der Waals surface area contributed by atoms with Crippen molar-refractivity contribution in [3.05, 3.63) is 29.3 Å². The van der Waals surface area contributed by atoms with Crippen LogP contribution in [0.4, 0.5) is 0 Å². The van der Waals surface area contributed by atoms with Gasteiger partial charge in [-0.1, -0.05) is 0 Å². The third-order valence-electron chi connectivity index (χ3n) is 2.13. The van der Waals surface area contributed by atoms with E-state index in [4.69, 9.17) is 14.7 Å². The fraction of sp³-hybridized carbons (Fsp3) is 0.364. The highest BCUT2D eigenvalue weighted by molar-refractivity contribution is 5.41. The van der Waals surface area contributed by atoms with Gasteiger partial charge in [0.15, 0.2) is 0 Å². The molecular formula is C11H11NO2. The summed E-state index contributed by atoms with van der Waals surface area (Å²) >= 11 is 0. The van der Waals surface area contributed by atoms with Gasteiger partial charge in [0.1, 0.15) is 18.5 Å². The van der Waals surface area contributed by atoms with E-state index in [-0.39, 0.29) is 6.10 Å². The first-order valence-electron chi connectivity index (χ1n) is 4.55.